The summed E-state index contributed by atoms with van der Waals surface area (Å²) < 4.78 is 25.4. The summed E-state index contributed by atoms with van der Waals surface area (Å²) in [4.78, 5) is 0. The van der Waals surface area contributed by atoms with Crippen LogP contribution in [0.3, 0.4) is 0 Å². The van der Waals surface area contributed by atoms with Crippen molar-refractivity contribution in [3.8, 4) is 0 Å². The molecule has 0 fully saturated rings. The summed E-state index contributed by atoms with van der Waals surface area (Å²) in [6.07, 6.45) is 0.784. The van der Waals surface area contributed by atoms with Crippen LogP contribution in [0, 0.1) is 11.6 Å². The van der Waals surface area contributed by atoms with E-state index >= 15 is 0 Å². The van der Waals surface area contributed by atoms with Crippen molar-refractivity contribution in [3.63, 3.8) is 0 Å². The molecule has 0 atom stereocenters. The van der Waals surface area contributed by atoms with Gasteiger partial charge in [0.25, 0.3) is 0 Å². The van der Waals surface area contributed by atoms with Gasteiger partial charge in [-0.15, -0.1) is 0 Å². The first-order valence-electron chi connectivity index (χ1n) is 4.95. The maximum absolute atomic E-state index is 12.7. The number of halogens is 2. The molecule has 1 heterocycles. The lowest BCUT2D eigenvalue weighted by Crippen LogP contribution is -2.23. The standard InChI is InChI=1S/C9H9F2N.C2H6/c10-8-3-6-1-2-12-5-7(6)4-9(8)11;1-2/h3-4,12H,1-2,5H2;1-2H3. The van der Waals surface area contributed by atoms with Gasteiger partial charge in [0, 0.05) is 6.54 Å². The molecule has 2 rings (SSSR count). The smallest absolute Gasteiger partial charge is 0.159 e. The molecule has 0 saturated carbocycles. The van der Waals surface area contributed by atoms with E-state index in [-0.39, 0.29) is 0 Å². The molecule has 0 aromatic heterocycles. The van der Waals surface area contributed by atoms with Crippen LogP contribution in [0.25, 0.3) is 0 Å². The van der Waals surface area contributed by atoms with E-state index in [1.165, 1.54) is 12.1 Å². The zero-order valence-electron chi connectivity index (χ0n) is 8.53. The highest BCUT2D eigenvalue weighted by molar-refractivity contribution is 5.30. The Labute approximate surface area is 83.1 Å². The fraction of sp³-hybridized carbons (Fsp3) is 0.455. The third-order valence-corrected chi connectivity index (χ3v) is 2.13. The normalized spacial score (nSPS) is 14.0. The van der Waals surface area contributed by atoms with Gasteiger partial charge in [0.15, 0.2) is 11.6 Å². The van der Waals surface area contributed by atoms with Crippen molar-refractivity contribution < 1.29 is 8.78 Å². The van der Waals surface area contributed by atoms with Crippen molar-refractivity contribution in [2.45, 2.75) is 26.8 Å². The molecule has 78 valence electrons. The van der Waals surface area contributed by atoms with Crippen molar-refractivity contribution in [3.05, 3.63) is 34.9 Å². The zero-order valence-corrected chi connectivity index (χ0v) is 8.53. The van der Waals surface area contributed by atoms with Gasteiger partial charge in [0.05, 0.1) is 0 Å². The summed E-state index contributed by atoms with van der Waals surface area (Å²) in [6, 6.07) is 2.57. The highest BCUT2D eigenvalue weighted by Crippen LogP contribution is 2.17. The van der Waals surface area contributed by atoms with E-state index in [2.05, 4.69) is 5.32 Å². The second-order valence-electron chi connectivity index (χ2n) is 2.96. The third-order valence-electron chi connectivity index (χ3n) is 2.13. The van der Waals surface area contributed by atoms with E-state index in [0.29, 0.717) is 6.54 Å². The minimum Gasteiger partial charge on any atom is -0.312 e. The van der Waals surface area contributed by atoms with Gasteiger partial charge in [-0.3, -0.25) is 0 Å². The lowest BCUT2D eigenvalue weighted by atomic mass is 10.0. The van der Waals surface area contributed by atoms with Gasteiger partial charge in [0.1, 0.15) is 0 Å². The topological polar surface area (TPSA) is 12.0 Å². The van der Waals surface area contributed by atoms with E-state index in [4.69, 9.17) is 0 Å². The minimum atomic E-state index is -0.752. The first kappa shape index (κ1) is 11.1. The maximum Gasteiger partial charge on any atom is 0.159 e. The summed E-state index contributed by atoms with van der Waals surface area (Å²) in [5.41, 5.74) is 1.80. The number of hydrogen-bond acceptors (Lipinski definition) is 1. The molecule has 3 heteroatoms. The van der Waals surface area contributed by atoms with Gasteiger partial charge in [-0.1, -0.05) is 13.8 Å². The summed E-state index contributed by atoms with van der Waals surface area (Å²) in [6.45, 7) is 5.49. The molecule has 1 N–H and O–H groups in total. The molecule has 0 saturated heterocycles. The predicted molar refractivity (Wildman–Crippen MR) is 53.1 cm³/mol. The van der Waals surface area contributed by atoms with Gasteiger partial charge in [0.2, 0.25) is 0 Å². The molecule has 14 heavy (non-hydrogen) atoms. The lowest BCUT2D eigenvalue weighted by Gasteiger charge is -2.16. The third kappa shape index (κ3) is 2.29. The summed E-state index contributed by atoms with van der Waals surface area (Å²) in [5.74, 6) is -1.49. The van der Waals surface area contributed by atoms with Gasteiger partial charge < -0.3 is 5.32 Å². The molecule has 1 aliphatic heterocycles. The first-order valence-corrected chi connectivity index (χ1v) is 4.95. The molecule has 1 aromatic carbocycles. The molecule has 0 amide bonds. The average molecular weight is 199 g/mol. The monoisotopic (exact) mass is 199 g/mol. The largest absolute Gasteiger partial charge is 0.312 e. The Kier molecular flexibility index (Phi) is 4.01. The van der Waals surface area contributed by atoms with Crippen molar-refractivity contribution >= 4 is 0 Å². The Balaban J connectivity index is 0.000000461. The average Bonchev–Trinajstić information content (AvgIpc) is 2.23. The highest BCUT2D eigenvalue weighted by Gasteiger charge is 2.12. The van der Waals surface area contributed by atoms with Crippen LogP contribution in [0.2, 0.25) is 0 Å². The SMILES string of the molecule is CC.Fc1cc2c(cc1F)CNCC2. The van der Waals surface area contributed by atoms with Crippen LogP contribution >= 0.6 is 0 Å². The van der Waals surface area contributed by atoms with Crippen molar-refractivity contribution in [1.82, 2.24) is 5.32 Å². The number of nitrogens with one attached hydrogen (secondary N) is 1. The van der Waals surface area contributed by atoms with Crippen LogP contribution in [-0.2, 0) is 13.0 Å². The predicted octanol–water partition coefficient (Wildman–Crippen LogP) is 2.64. The van der Waals surface area contributed by atoms with Crippen molar-refractivity contribution in [2.24, 2.45) is 0 Å². The maximum atomic E-state index is 12.7. The lowest BCUT2D eigenvalue weighted by molar-refractivity contribution is 0.500. The summed E-state index contributed by atoms with van der Waals surface area (Å²) >= 11 is 0. The summed E-state index contributed by atoms with van der Waals surface area (Å²) in [7, 11) is 0. The van der Waals surface area contributed by atoms with E-state index in [1.807, 2.05) is 13.8 Å². The van der Waals surface area contributed by atoms with Crippen LogP contribution in [0.15, 0.2) is 12.1 Å². The van der Waals surface area contributed by atoms with E-state index in [0.717, 1.165) is 24.1 Å². The molecule has 1 aliphatic rings. The fourth-order valence-corrected chi connectivity index (χ4v) is 1.47. The Morgan fingerprint density at radius 3 is 2.29 bits per heavy atom. The first-order chi connectivity index (χ1) is 6.77. The van der Waals surface area contributed by atoms with Crippen LogP contribution in [0.4, 0.5) is 8.78 Å². The van der Waals surface area contributed by atoms with Crippen molar-refractivity contribution in [1.29, 1.82) is 0 Å². The second-order valence-corrected chi connectivity index (χ2v) is 2.96. The van der Waals surface area contributed by atoms with Crippen LogP contribution in [0.1, 0.15) is 25.0 Å². The number of fused-ring (bicyclic) bond motifs is 1. The Morgan fingerprint density at radius 1 is 1.07 bits per heavy atom. The molecular weight excluding hydrogens is 184 g/mol. The minimum absolute atomic E-state index is 0.645. The molecule has 1 nitrogen and oxygen atoms in total. The van der Waals surface area contributed by atoms with Gasteiger partial charge >= 0.3 is 0 Å². The molecule has 0 aliphatic carbocycles. The summed E-state index contributed by atoms with van der Waals surface area (Å²) in [5, 5.41) is 3.10. The Morgan fingerprint density at radius 2 is 1.64 bits per heavy atom. The zero-order chi connectivity index (χ0) is 10.6. The molecule has 1 aromatic rings. The van der Waals surface area contributed by atoms with Gasteiger partial charge in [-0.25, -0.2) is 8.78 Å². The van der Waals surface area contributed by atoms with Crippen LogP contribution < -0.4 is 5.32 Å². The highest BCUT2D eigenvalue weighted by atomic mass is 19.2. The quantitative estimate of drug-likeness (QED) is 0.677. The molecular formula is C11H15F2N. The molecule has 0 radical (unpaired) electrons. The van der Waals surface area contributed by atoms with Gasteiger partial charge in [-0.2, -0.15) is 0 Å². The van der Waals surface area contributed by atoms with E-state index < -0.39 is 11.6 Å². The van der Waals surface area contributed by atoms with Gasteiger partial charge in [-0.05, 0) is 36.2 Å². The number of rotatable bonds is 0. The number of benzene rings is 1. The Bertz CT molecular complexity index is 279. The Hall–Kier alpha value is -0.960. The van der Waals surface area contributed by atoms with Crippen molar-refractivity contribution in [2.75, 3.05) is 6.54 Å². The molecule has 0 unspecified atom stereocenters. The van der Waals surface area contributed by atoms with Crippen LogP contribution in [0.5, 0.6) is 0 Å². The second kappa shape index (κ2) is 5.05. The fourth-order valence-electron chi connectivity index (χ4n) is 1.47. The van der Waals surface area contributed by atoms with Crippen LogP contribution in [-0.4, -0.2) is 6.54 Å². The van der Waals surface area contributed by atoms with E-state index in [1.54, 1.807) is 0 Å². The number of hydrogen-bond donors (Lipinski definition) is 1. The van der Waals surface area contributed by atoms with E-state index in [9.17, 15) is 8.78 Å². The molecule has 0 bridgehead atoms. The molecule has 0 spiro atoms.